The van der Waals surface area contributed by atoms with E-state index in [4.69, 9.17) is 0 Å². The van der Waals surface area contributed by atoms with Crippen molar-refractivity contribution in [3.05, 3.63) is 42.8 Å². The minimum Gasteiger partial charge on any atom is -0.296 e. The van der Waals surface area contributed by atoms with Gasteiger partial charge in [-0.25, -0.2) is 0 Å². The van der Waals surface area contributed by atoms with Gasteiger partial charge in [0.15, 0.2) is 0 Å². The van der Waals surface area contributed by atoms with Crippen molar-refractivity contribution >= 4 is 0 Å². The molecule has 1 heterocycles. The quantitative estimate of drug-likeness (QED) is 0.689. The van der Waals surface area contributed by atoms with Gasteiger partial charge in [-0.05, 0) is 38.4 Å². The first-order valence-electron chi connectivity index (χ1n) is 5.50. The van der Waals surface area contributed by atoms with Gasteiger partial charge in [-0.15, -0.1) is 0 Å². The van der Waals surface area contributed by atoms with Crippen LogP contribution in [-0.2, 0) is 0 Å². The van der Waals surface area contributed by atoms with Crippen LogP contribution in [0.5, 0.6) is 0 Å². The van der Waals surface area contributed by atoms with Crippen molar-refractivity contribution in [1.29, 1.82) is 0 Å². The van der Waals surface area contributed by atoms with Gasteiger partial charge >= 0.3 is 0 Å². The monoisotopic (exact) mass is 188 g/mol. The Morgan fingerprint density at radius 3 is 2.29 bits per heavy atom. The molecule has 1 aliphatic rings. The van der Waals surface area contributed by atoms with E-state index in [2.05, 4.69) is 42.2 Å². The summed E-state index contributed by atoms with van der Waals surface area (Å²) >= 11 is 0. The molecule has 0 N–H and O–H groups in total. The second-order valence-corrected chi connectivity index (χ2v) is 4.02. The van der Waals surface area contributed by atoms with Crippen molar-refractivity contribution < 1.29 is 0 Å². The van der Waals surface area contributed by atoms with E-state index in [1.165, 1.54) is 37.9 Å². The predicted molar refractivity (Wildman–Crippen MR) is 60.0 cm³/mol. The highest BCUT2D eigenvalue weighted by Gasteiger charge is 2.17. The zero-order valence-electron chi connectivity index (χ0n) is 8.65. The lowest BCUT2D eigenvalue weighted by molar-refractivity contribution is 0.190. The summed E-state index contributed by atoms with van der Waals surface area (Å²) in [6.07, 6.45) is 4.05. The number of nitrogens with zero attached hydrogens (tertiary/aromatic N) is 1. The summed E-state index contributed by atoms with van der Waals surface area (Å²) < 4.78 is 0. The largest absolute Gasteiger partial charge is 0.296 e. The summed E-state index contributed by atoms with van der Waals surface area (Å²) in [6.45, 7) is 6.68. The molecule has 1 fully saturated rings. The summed E-state index contributed by atoms with van der Waals surface area (Å²) in [7, 11) is 0. The molecule has 75 valence electrons. The van der Waals surface area contributed by atoms with Gasteiger partial charge in [0, 0.05) is 6.04 Å². The fourth-order valence-electron chi connectivity index (χ4n) is 2.12. The molecule has 0 saturated carbocycles. The Labute approximate surface area is 86.7 Å². The minimum absolute atomic E-state index is 0.344. The third-order valence-electron chi connectivity index (χ3n) is 3.02. The number of piperidine rings is 1. The maximum Gasteiger partial charge on any atom is 0.0348 e. The van der Waals surface area contributed by atoms with Gasteiger partial charge in [0.1, 0.15) is 0 Å². The predicted octanol–water partition coefficient (Wildman–Crippen LogP) is 3.05. The molecule has 0 spiro atoms. The molecule has 1 unspecified atom stereocenters. The number of hydrogen-bond acceptors (Lipinski definition) is 1. The van der Waals surface area contributed by atoms with Crippen molar-refractivity contribution in [3.63, 3.8) is 0 Å². The maximum atomic E-state index is 4.26. The number of rotatable bonds is 2. The minimum atomic E-state index is 0.344. The molecule has 2 rings (SSSR count). The molecule has 1 heteroatoms. The van der Waals surface area contributed by atoms with Crippen molar-refractivity contribution in [2.24, 2.45) is 0 Å². The third kappa shape index (κ3) is 2.16. The van der Waals surface area contributed by atoms with Gasteiger partial charge in [0.2, 0.25) is 0 Å². The van der Waals surface area contributed by atoms with E-state index in [1.807, 2.05) is 0 Å². The lowest BCUT2D eigenvalue weighted by atomic mass is 10.0. The van der Waals surface area contributed by atoms with Gasteiger partial charge in [-0.1, -0.05) is 36.8 Å². The third-order valence-corrected chi connectivity index (χ3v) is 3.02. The average molecular weight is 188 g/mol. The molecule has 1 atom stereocenters. The van der Waals surface area contributed by atoms with Crippen LogP contribution in [0.2, 0.25) is 0 Å². The van der Waals surface area contributed by atoms with Crippen LogP contribution in [0.15, 0.2) is 30.3 Å². The maximum absolute atomic E-state index is 4.26. The van der Waals surface area contributed by atoms with E-state index in [-0.39, 0.29) is 0 Å². The van der Waals surface area contributed by atoms with Gasteiger partial charge < -0.3 is 0 Å². The van der Waals surface area contributed by atoms with Crippen LogP contribution in [0.1, 0.15) is 30.9 Å². The lowest BCUT2D eigenvalue weighted by Crippen LogP contribution is -2.32. The SMILES string of the molecule is [CH2]C(c1ccccc1)N1CCCCC1. The molecule has 0 aliphatic carbocycles. The number of likely N-dealkylation sites (tertiary alicyclic amines) is 1. The first kappa shape index (κ1) is 9.72. The molecule has 1 aromatic rings. The molecule has 1 nitrogen and oxygen atoms in total. The zero-order valence-corrected chi connectivity index (χ0v) is 8.65. The lowest BCUT2D eigenvalue weighted by Gasteiger charge is -2.32. The first-order valence-corrected chi connectivity index (χ1v) is 5.50. The van der Waals surface area contributed by atoms with Crippen molar-refractivity contribution in [2.75, 3.05) is 13.1 Å². The molecule has 1 aliphatic heterocycles. The van der Waals surface area contributed by atoms with E-state index in [9.17, 15) is 0 Å². The molecule has 0 bridgehead atoms. The summed E-state index contributed by atoms with van der Waals surface area (Å²) in [4.78, 5) is 2.48. The summed E-state index contributed by atoms with van der Waals surface area (Å²) in [5.74, 6) is 0. The van der Waals surface area contributed by atoms with Crippen molar-refractivity contribution in [3.8, 4) is 0 Å². The van der Waals surface area contributed by atoms with Gasteiger partial charge in [-0.2, -0.15) is 0 Å². The van der Waals surface area contributed by atoms with Gasteiger partial charge in [0.25, 0.3) is 0 Å². The van der Waals surface area contributed by atoms with Crippen LogP contribution in [0, 0.1) is 6.92 Å². The Morgan fingerprint density at radius 1 is 1.00 bits per heavy atom. The van der Waals surface area contributed by atoms with Crippen molar-refractivity contribution in [1.82, 2.24) is 4.90 Å². The Hall–Kier alpha value is -0.820. The number of hydrogen-bond donors (Lipinski definition) is 0. The van der Waals surface area contributed by atoms with Crippen LogP contribution in [0.25, 0.3) is 0 Å². The van der Waals surface area contributed by atoms with E-state index in [0.29, 0.717) is 6.04 Å². The van der Waals surface area contributed by atoms with Gasteiger partial charge in [-0.3, -0.25) is 4.90 Å². The average Bonchev–Trinajstić information content (AvgIpc) is 2.30. The topological polar surface area (TPSA) is 3.24 Å². The Bertz CT molecular complexity index is 262. The molecule has 0 amide bonds. The highest BCUT2D eigenvalue weighted by Crippen LogP contribution is 2.22. The van der Waals surface area contributed by atoms with Crippen LogP contribution in [0.3, 0.4) is 0 Å². The molecule has 0 aromatic heterocycles. The summed E-state index contributed by atoms with van der Waals surface area (Å²) in [6, 6.07) is 10.9. The highest BCUT2D eigenvalue weighted by atomic mass is 15.2. The first-order chi connectivity index (χ1) is 6.88. The summed E-state index contributed by atoms with van der Waals surface area (Å²) in [5, 5.41) is 0. The van der Waals surface area contributed by atoms with Crippen LogP contribution in [-0.4, -0.2) is 18.0 Å². The second-order valence-electron chi connectivity index (χ2n) is 4.02. The number of benzene rings is 1. The van der Waals surface area contributed by atoms with Crippen LogP contribution in [0.4, 0.5) is 0 Å². The van der Waals surface area contributed by atoms with Crippen LogP contribution < -0.4 is 0 Å². The van der Waals surface area contributed by atoms with E-state index < -0.39 is 0 Å². The normalized spacial score (nSPS) is 20.6. The molecule has 1 aromatic carbocycles. The highest BCUT2D eigenvalue weighted by molar-refractivity contribution is 5.19. The van der Waals surface area contributed by atoms with E-state index in [0.717, 1.165) is 0 Å². The van der Waals surface area contributed by atoms with Gasteiger partial charge in [0.05, 0.1) is 0 Å². The van der Waals surface area contributed by atoms with E-state index in [1.54, 1.807) is 0 Å². The zero-order chi connectivity index (χ0) is 9.80. The van der Waals surface area contributed by atoms with Crippen LogP contribution >= 0.6 is 0 Å². The molecule has 1 saturated heterocycles. The van der Waals surface area contributed by atoms with Crippen molar-refractivity contribution in [2.45, 2.75) is 25.3 Å². The standard InChI is InChI=1S/C13H18N/c1-12(13-8-4-2-5-9-13)14-10-6-3-7-11-14/h2,4-5,8-9,12H,1,3,6-7,10-11H2. The smallest absolute Gasteiger partial charge is 0.0348 e. The Morgan fingerprint density at radius 2 is 1.64 bits per heavy atom. The molecule has 1 radical (unpaired) electrons. The fraction of sp³-hybridized carbons (Fsp3) is 0.462. The second kappa shape index (κ2) is 4.61. The fourth-order valence-corrected chi connectivity index (χ4v) is 2.12. The van der Waals surface area contributed by atoms with E-state index >= 15 is 0 Å². The Balaban J connectivity index is 2.03. The summed E-state index contributed by atoms with van der Waals surface area (Å²) in [5.41, 5.74) is 1.34. The molecule has 14 heavy (non-hydrogen) atoms. The molecular weight excluding hydrogens is 170 g/mol. The molecular formula is C13H18N. The Kier molecular flexibility index (Phi) is 3.20.